The molecule has 1 N–H and O–H groups in total. The Hall–Kier alpha value is -1.22. The lowest BCUT2D eigenvalue weighted by Gasteiger charge is -2.16. The van der Waals surface area contributed by atoms with Crippen molar-refractivity contribution in [3.05, 3.63) is 35.6 Å². The molecule has 19 heavy (non-hydrogen) atoms. The third-order valence-electron chi connectivity index (χ3n) is 3.35. The van der Waals surface area contributed by atoms with Crippen LogP contribution in [-0.2, 0) is 0 Å². The number of ketones is 1. The molecule has 1 rings (SSSR count). The maximum absolute atomic E-state index is 12.7. The zero-order valence-corrected chi connectivity index (χ0v) is 11.9. The number of rotatable bonds is 9. The number of hydrogen-bond donors (Lipinski definition) is 1. The standard InChI is InChI=1S/C16H24FNO/c1-3-5-6-15(4-2)18-12-11-16(19)13-7-9-14(17)10-8-13/h7-10,15,18H,3-6,11-12H2,1-2H3. The predicted molar refractivity (Wildman–Crippen MR) is 77.0 cm³/mol. The molecule has 3 heteroatoms. The van der Waals surface area contributed by atoms with E-state index in [1.54, 1.807) is 12.1 Å². The molecule has 0 bridgehead atoms. The molecule has 0 saturated carbocycles. The molecule has 0 aliphatic rings. The second-order valence-corrected chi connectivity index (χ2v) is 4.88. The summed E-state index contributed by atoms with van der Waals surface area (Å²) in [4.78, 5) is 11.9. The first-order valence-corrected chi connectivity index (χ1v) is 7.19. The van der Waals surface area contributed by atoms with Crippen molar-refractivity contribution in [1.82, 2.24) is 5.32 Å². The molecule has 0 aliphatic carbocycles. The first-order chi connectivity index (χ1) is 9.17. The van der Waals surface area contributed by atoms with Crippen LogP contribution in [0.3, 0.4) is 0 Å². The van der Waals surface area contributed by atoms with Gasteiger partial charge >= 0.3 is 0 Å². The van der Waals surface area contributed by atoms with Crippen LogP contribution in [0.15, 0.2) is 24.3 Å². The van der Waals surface area contributed by atoms with E-state index >= 15 is 0 Å². The van der Waals surface area contributed by atoms with Crippen LogP contribution in [0.5, 0.6) is 0 Å². The van der Waals surface area contributed by atoms with Gasteiger partial charge in [-0.15, -0.1) is 0 Å². The van der Waals surface area contributed by atoms with E-state index in [0.29, 0.717) is 24.6 Å². The van der Waals surface area contributed by atoms with Crippen LogP contribution < -0.4 is 5.32 Å². The molecule has 0 heterocycles. The summed E-state index contributed by atoms with van der Waals surface area (Å²) in [5.41, 5.74) is 0.588. The molecule has 0 saturated heterocycles. The Morgan fingerprint density at radius 1 is 1.26 bits per heavy atom. The molecule has 0 aliphatic heterocycles. The lowest BCUT2D eigenvalue weighted by Crippen LogP contribution is -2.30. The van der Waals surface area contributed by atoms with Crippen molar-refractivity contribution in [3.8, 4) is 0 Å². The number of carbonyl (C=O) groups is 1. The highest BCUT2D eigenvalue weighted by atomic mass is 19.1. The van der Waals surface area contributed by atoms with E-state index in [4.69, 9.17) is 0 Å². The number of nitrogens with one attached hydrogen (secondary N) is 1. The van der Waals surface area contributed by atoms with Crippen LogP contribution in [0.2, 0.25) is 0 Å². The van der Waals surface area contributed by atoms with Crippen LogP contribution >= 0.6 is 0 Å². The van der Waals surface area contributed by atoms with Crippen molar-refractivity contribution in [2.45, 2.75) is 52.0 Å². The van der Waals surface area contributed by atoms with Gasteiger partial charge in [0.05, 0.1) is 0 Å². The van der Waals surface area contributed by atoms with Crippen LogP contribution in [0.25, 0.3) is 0 Å². The molecule has 106 valence electrons. The molecule has 1 atom stereocenters. The minimum Gasteiger partial charge on any atom is -0.314 e. The fraction of sp³-hybridized carbons (Fsp3) is 0.562. The summed E-state index contributed by atoms with van der Waals surface area (Å²) < 4.78 is 12.7. The molecule has 1 aromatic rings. The minimum absolute atomic E-state index is 0.0674. The molecule has 0 fully saturated rings. The Bertz CT molecular complexity index is 375. The van der Waals surface area contributed by atoms with Crippen LogP contribution in [0.4, 0.5) is 4.39 Å². The van der Waals surface area contributed by atoms with Gasteiger partial charge in [0.2, 0.25) is 0 Å². The molecule has 0 amide bonds. The lowest BCUT2D eigenvalue weighted by atomic mass is 10.1. The van der Waals surface area contributed by atoms with E-state index in [1.165, 1.54) is 25.0 Å². The number of carbonyl (C=O) groups excluding carboxylic acids is 1. The van der Waals surface area contributed by atoms with Gasteiger partial charge in [0.15, 0.2) is 5.78 Å². The van der Waals surface area contributed by atoms with E-state index in [0.717, 1.165) is 12.8 Å². The summed E-state index contributed by atoms with van der Waals surface area (Å²) in [5, 5.41) is 3.42. The van der Waals surface area contributed by atoms with Gasteiger partial charge in [-0.3, -0.25) is 4.79 Å². The highest BCUT2D eigenvalue weighted by Gasteiger charge is 2.08. The zero-order chi connectivity index (χ0) is 14.1. The predicted octanol–water partition coefficient (Wildman–Crippen LogP) is 3.96. The fourth-order valence-corrected chi connectivity index (χ4v) is 2.07. The van der Waals surface area contributed by atoms with Gasteiger partial charge in [-0.2, -0.15) is 0 Å². The van der Waals surface area contributed by atoms with E-state index in [2.05, 4.69) is 19.2 Å². The maximum Gasteiger partial charge on any atom is 0.164 e. The van der Waals surface area contributed by atoms with E-state index < -0.39 is 0 Å². The first-order valence-electron chi connectivity index (χ1n) is 7.19. The number of hydrogen-bond acceptors (Lipinski definition) is 2. The fourth-order valence-electron chi connectivity index (χ4n) is 2.07. The third kappa shape index (κ3) is 5.97. The summed E-state index contributed by atoms with van der Waals surface area (Å²) in [5.74, 6) is -0.238. The number of halogens is 1. The van der Waals surface area contributed by atoms with Crippen molar-refractivity contribution in [2.75, 3.05) is 6.54 Å². The second kappa shape index (κ2) is 8.81. The van der Waals surface area contributed by atoms with Gasteiger partial charge < -0.3 is 5.32 Å². The Labute approximate surface area is 115 Å². The zero-order valence-electron chi connectivity index (χ0n) is 11.9. The average Bonchev–Trinajstić information content (AvgIpc) is 2.43. The van der Waals surface area contributed by atoms with Gasteiger partial charge in [-0.1, -0.05) is 26.7 Å². The molecule has 0 aromatic heterocycles. The Kier molecular flexibility index (Phi) is 7.34. The summed E-state index contributed by atoms with van der Waals surface area (Å²) in [6.45, 7) is 5.04. The minimum atomic E-state index is -0.305. The van der Waals surface area contributed by atoms with E-state index in [1.807, 2.05) is 0 Å². The van der Waals surface area contributed by atoms with Crippen molar-refractivity contribution in [2.24, 2.45) is 0 Å². The van der Waals surface area contributed by atoms with Crippen molar-refractivity contribution < 1.29 is 9.18 Å². The van der Waals surface area contributed by atoms with Crippen molar-refractivity contribution in [3.63, 3.8) is 0 Å². The summed E-state index contributed by atoms with van der Waals surface area (Å²) in [6.07, 6.45) is 5.14. The van der Waals surface area contributed by atoms with Crippen LogP contribution in [0.1, 0.15) is 56.3 Å². The Morgan fingerprint density at radius 3 is 2.53 bits per heavy atom. The van der Waals surface area contributed by atoms with E-state index in [9.17, 15) is 9.18 Å². The molecule has 1 unspecified atom stereocenters. The highest BCUT2D eigenvalue weighted by Crippen LogP contribution is 2.07. The summed E-state index contributed by atoms with van der Waals surface area (Å²) in [7, 11) is 0. The van der Waals surface area contributed by atoms with Crippen molar-refractivity contribution >= 4 is 5.78 Å². The third-order valence-corrected chi connectivity index (χ3v) is 3.35. The lowest BCUT2D eigenvalue weighted by molar-refractivity contribution is 0.0981. The van der Waals surface area contributed by atoms with Gasteiger partial charge in [-0.05, 0) is 37.1 Å². The highest BCUT2D eigenvalue weighted by molar-refractivity contribution is 5.96. The van der Waals surface area contributed by atoms with Crippen LogP contribution in [0, 0.1) is 5.82 Å². The smallest absolute Gasteiger partial charge is 0.164 e. The monoisotopic (exact) mass is 265 g/mol. The molecule has 2 nitrogen and oxygen atoms in total. The van der Waals surface area contributed by atoms with E-state index in [-0.39, 0.29) is 11.6 Å². The molecule has 0 radical (unpaired) electrons. The van der Waals surface area contributed by atoms with Gasteiger partial charge in [-0.25, -0.2) is 4.39 Å². The largest absolute Gasteiger partial charge is 0.314 e. The van der Waals surface area contributed by atoms with Gasteiger partial charge in [0.1, 0.15) is 5.82 Å². The maximum atomic E-state index is 12.7. The topological polar surface area (TPSA) is 29.1 Å². The number of benzene rings is 1. The SMILES string of the molecule is CCCCC(CC)NCCC(=O)c1ccc(F)cc1. The second-order valence-electron chi connectivity index (χ2n) is 4.88. The van der Waals surface area contributed by atoms with Gasteiger partial charge in [0, 0.05) is 24.6 Å². The Balaban J connectivity index is 2.31. The summed E-state index contributed by atoms with van der Waals surface area (Å²) >= 11 is 0. The summed E-state index contributed by atoms with van der Waals surface area (Å²) in [6, 6.07) is 6.26. The normalized spacial score (nSPS) is 12.4. The number of Topliss-reactive ketones (excluding diaryl/α,β-unsaturated/α-hetero) is 1. The van der Waals surface area contributed by atoms with Gasteiger partial charge in [0.25, 0.3) is 0 Å². The molecular formula is C16H24FNO. The molecular weight excluding hydrogens is 241 g/mol. The number of unbranched alkanes of at least 4 members (excludes halogenated alkanes) is 1. The molecule has 1 aromatic carbocycles. The average molecular weight is 265 g/mol. The van der Waals surface area contributed by atoms with Crippen molar-refractivity contribution in [1.29, 1.82) is 0 Å². The quantitative estimate of drug-likeness (QED) is 0.685. The Morgan fingerprint density at radius 2 is 1.95 bits per heavy atom. The molecule has 0 spiro atoms. The first kappa shape index (κ1) is 15.8. The van der Waals surface area contributed by atoms with Crippen LogP contribution in [-0.4, -0.2) is 18.4 Å².